The van der Waals surface area contributed by atoms with E-state index in [0.29, 0.717) is 25.9 Å². The minimum atomic E-state index is -4.01. The first kappa shape index (κ1) is 17.7. The van der Waals surface area contributed by atoms with Crippen molar-refractivity contribution in [2.75, 3.05) is 46.9 Å². The zero-order valence-corrected chi connectivity index (χ0v) is 12.5. The predicted molar refractivity (Wildman–Crippen MR) is 73.7 cm³/mol. The Morgan fingerprint density at radius 3 is 2.65 bits per heavy atom. The zero-order valence-electron chi connectivity index (χ0n) is 12.5. The molecule has 0 saturated heterocycles. The van der Waals surface area contributed by atoms with Gasteiger partial charge in [0.1, 0.15) is 0 Å². The van der Waals surface area contributed by atoms with Crippen LogP contribution in [-0.4, -0.2) is 58.0 Å². The lowest BCUT2D eigenvalue weighted by atomic mass is 9.81. The maximum absolute atomic E-state index is 12.7. The average Bonchev–Trinajstić information content (AvgIpc) is 2.38. The number of hydrogen-bond acceptors (Lipinski definition) is 3. The number of nitrogens with one attached hydrogen (secondary N) is 1. The molecule has 1 aliphatic rings. The van der Waals surface area contributed by atoms with Crippen LogP contribution in [0.1, 0.15) is 25.7 Å². The number of methoxy groups -OCH3 is 1. The molecule has 1 N–H and O–H groups in total. The molecule has 0 bridgehead atoms. The summed E-state index contributed by atoms with van der Waals surface area (Å²) < 4.78 is 43.1. The molecule has 3 nitrogen and oxygen atoms in total. The average molecular weight is 296 g/mol. The Morgan fingerprint density at radius 1 is 1.25 bits per heavy atom. The standard InChI is InChI=1S/C14H27F3N2O/c1-19(8-6-18-7-9-20-2)11-12-4-3-5-13(10-12)14(15,16)17/h12-13,18H,3-11H2,1-2H3. The van der Waals surface area contributed by atoms with E-state index in [4.69, 9.17) is 4.74 Å². The van der Waals surface area contributed by atoms with E-state index in [-0.39, 0.29) is 5.92 Å². The first-order valence-electron chi connectivity index (χ1n) is 7.38. The minimum Gasteiger partial charge on any atom is -0.383 e. The summed E-state index contributed by atoms with van der Waals surface area (Å²) in [4.78, 5) is 2.13. The SMILES string of the molecule is COCCNCCN(C)CC1CCCC(C(F)(F)F)C1. The number of hydrogen-bond donors (Lipinski definition) is 1. The number of ether oxygens (including phenoxy) is 1. The Bertz CT molecular complexity index is 261. The van der Waals surface area contributed by atoms with Crippen molar-refractivity contribution in [3.63, 3.8) is 0 Å². The summed E-state index contributed by atoms with van der Waals surface area (Å²) in [5, 5.41) is 3.24. The van der Waals surface area contributed by atoms with Gasteiger partial charge in [0.05, 0.1) is 12.5 Å². The fourth-order valence-electron chi connectivity index (χ4n) is 2.86. The van der Waals surface area contributed by atoms with Gasteiger partial charge in [0, 0.05) is 33.3 Å². The van der Waals surface area contributed by atoms with Crippen molar-refractivity contribution in [1.82, 2.24) is 10.2 Å². The van der Waals surface area contributed by atoms with Gasteiger partial charge in [-0.2, -0.15) is 13.2 Å². The molecular formula is C14H27F3N2O. The molecule has 0 spiro atoms. The van der Waals surface area contributed by atoms with Gasteiger partial charge in [0.25, 0.3) is 0 Å². The lowest BCUT2D eigenvalue weighted by Gasteiger charge is -2.32. The van der Waals surface area contributed by atoms with E-state index in [1.165, 1.54) is 0 Å². The van der Waals surface area contributed by atoms with Crippen LogP contribution in [0.4, 0.5) is 13.2 Å². The van der Waals surface area contributed by atoms with Crippen molar-refractivity contribution in [2.24, 2.45) is 11.8 Å². The predicted octanol–water partition coefficient (Wildman–Crippen LogP) is 2.52. The second kappa shape index (κ2) is 8.85. The van der Waals surface area contributed by atoms with Gasteiger partial charge in [-0.1, -0.05) is 6.42 Å². The van der Waals surface area contributed by atoms with Crippen LogP contribution in [0.25, 0.3) is 0 Å². The molecule has 0 aliphatic heterocycles. The molecule has 0 aromatic rings. The van der Waals surface area contributed by atoms with Crippen LogP contribution in [0.2, 0.25) is 0 Å². The van der Waals surface area contributed by atoms with Crippen molar-refractivity contribution in [3.8, 4) is 0 Å². The van der Waals surface area contributed by atoms with Crippen molar-refractivity contribution in [2.45, 2.75) is 31.9 Å². The third kappa shape index (κ3) is 6.90. The second-order valence-corrected chi connectivity index (χ2v) is 5.78. The van der Waals surface area contributed by atoms with Crippen molar-refractivity contribution < 1.29 is 17.9 Å². The molecular weight excluding hydrogens is 269 g/mol. The van der Waals surface area contributed by atoms with E-state index in [1.54, 1.807) is 7.11 Å². The van der Waals surface area contributed by atoms with Crippen LogP contribution in [0, 0.1) is 11.8 Å². The maximum Gasteiger partial charge on any atom is 0.391 e. The number of nitrogens with zero attached hydrogens (tertiary/aromatic N) is 1. The monoisotopic (exact) mass is 296 g/mol. The number of alkyl halides is 3. The quantitative estimate of drug-likeness (QED) is 0.697. The smallest absolute Gasteiger partial charge is 0.383 e. The van der Waals surface area contributed by atoms with Crippen molar-refractivity contribution >= 4 is 0 Å². The molecule has 6 heteroatoms. The summed E-state index contributed by atoms with van der Waals surface area (Å²) in [5.41, 5.74) is 0. The molecule has 0 aromatic carbocycles. The summed E-state index contributed by atoms with van der Waals surface area (Å²) in [6.07, 6.45) is -1.78. The lowest BCUT2D eigenvalue weighted by molar-refractivity contribution is -0.186. The van der Waals surface area contributed by atoms with E-state index < -0.39 is 12.1 Å². The zero-order chi connectivity index (χ0) is 15.0. The summed E-state index contributed by atoms with van der Waals surface area (Å²) in [6, 6.07) is 0. The van der Waals surface area contributed by atoms with Crippen LogP contribution in [0.5, 0.6) is 0 Å². The molecule has 1 fully saturated rings. The molecule has 0 amide bonds. The Balaban J connectivity index is 2.19. The summed E-state index contributed by atoms with van der Waals surface area (Å²) in [6.45, 7) is 3.95. The molecule has 2 atom stereocenters. The van der Waals surface area contributed by atoms with Crippen molar-refractivity contribution in [3.05, 3.63) is 0 Å². The molecule has 0 heterocycles. The molecule has 0 aromatic heterocycles. The number of rotatable bonds is 8. The van der Waals surface area contributed by atoms with Gasteiger partial charge in [0.15, 0.2) is 0 Å². The highest BCUT2D eigenvalue weighted by Gasteiger charge is 2.42. The van der Waals surface area contributed by atoms with Gasteiger partial charge in [0.2, 0.25) is 0 Å². The highest BCUT2D eigenvalue weighted by Crippen LogP contribution is 2.39. The third-order valence-corrected chi connectivity index (χ3v) is 3.97. The molecule has 20 heavy (non-hydrogen) atoms. The fourth-order valence-corrected chi connectivity index (χ4v) is 2.86. The van der Waals surface area contributed by atoms with Crippen LogP contribution >= 0.6 is 0 Å². The normalized spacial score (nSPS) is 24.3. The fraction of sp³-hybridized carbons (Fsp3) is 1.00. The first-order chi connectivity index (χ1) is 9.43. The topological polar surface area (TPSA) is 24.5 Å². The van der Waals surface area contributed by atoms with Gasteiger partial charge in [-0.25, -0.2) is 0 Å². The Hall–Kier alpha value is -0.330. The van der Waals surface area contributed by atoms with Crippen molar-refractivity contribution in [1.29, 1.82) is 0 Å². The van der Waals surface area contributed by atoms with E-state index in [2.05, 4.69) is 10.2 Å². The summed E-state index contributed by atoms with van der Waals surface area (Å²) in [7, 11) is 3.64. The molecule has 120 valence electrons. The van der Waals surface area contributed by atoms with Gasteiger partial charge < -0.3 is 15.0 Å². The third-order valence-electron chi connectivity index (χ3n) is 3.97. The Labute approximate surface area is 119 Å². The second-order valence-electron chi connectivity index (χ2n) is 5.78. The van der Waals surface area contributed by atoms with Gasteiger partial charge >= 0.3 is 6.18 Å². The largest absolute Gasteiger partial charge is 0.391 e. The van der Waals surface area contributed by atoms with Crippen LogP contribution < -0.4 is 5.32 Å². The molecule has 2 unspecified atom stereocenters. The van der Waals surface area contributed by atoms with E-state index in [1.807, 2.05) is 7.05 Å². The van der Waals surface area contributed by atoms with E-state index in [9.17, 15) is 13.2 Å². The Morgan fingerprint density at radius 2 is 2.00 bits per heavy atom. The highest BCUT2D eigenvalue weighted by atomic mass is 19.4. The van der Waals surface area contributed by atoms with Gasteiger partial charge in [-0.15, -0.1) is 0 Å². The Kier molecular flexibility index (Phi) is 7.84. The highest BCUT2D eigenvalue weighted by molar-refractivity contribution is 4.79. The van der Waals surface area contributed by atoms with Crippen LogP contribution in [0.3, 0.4) is 0 Å². The first-order valence-corrected chi connectivity index (χ1v) is 7.38. The molecule has 0 radical (unpaired) electrons. The molecule has 1 saturated carbocycles. The summed E-state index contributed by atoms with van der Waals surface area (Å²) in [5.74, 6) is -0.908. The van der Waals surface area contributed by atoms with Crippen LogP contribution in [-0.2, 0) is 4.74 Å². The minimum absolute atomic E-state index is 0.180. The van der Waals surface area contributed by atoms with E-state index in [0.717, 1.165) is 32.6 Å². The maximum atomic E-state index is 12.7. The van der Waals surface area contributed by atoms with Gasteiger partial charge in [-0.05, 0) is 32.2 Å². The number of likely N-dealkylation sites (N-methyl/N-ethyl adjacent to an activating group) is 1. The molecule has 1 aliphatic carbocycles. The number of halogens is 3. The summed E-state index contributed by atoms with van der Waals surface area (Å²) >= 11 is 0. The van der Waals surface area contributed by atoms with E-state index >= 15 is 0 Å². The lowest BCUT2D eigenvalue weighted by Crippen LogP contribution is -2.37. The molecule has 1 rings (SSSR count). The van der Waals surface area contributed by atoms with Gasteiger partial charge in [-0.3, -0.25) is 0 Å². The van der Waals surface area contributed by atoms with Crippen LogP contribution in [0.15, 0.2) is 0 Å².